The molecule has 1 saturated heterocycles. The molecule has 1 aliphatic heterocycles. The molecule has 7 heteroatoms. The van der Waals surface area contributed by atoms with E-state index >= 15 is 0 Å². The lowest BCUT2D eigenvalue weighted by molar-refractivity contribution is -0.120. The average molecular weight is 405 g/mol. The van der Waals surface area contributed by atoms with Crippen molar-refractivity contribution in [2.75, 3.05) is 18.0 Å². The van der Waals surface area contributed by atoms with Gasteiger partial charge in [-0.2, -0.15) is 0 Å². The van der Waals surface area contributed by atoms with Gasteiger partial charge in [-0.05, 0) is 48.9 Å². The summed E-state index contributed by atoms with van der Waals surface area (Å²) in [7, 11) is 0. The number of nitrogens with one attached hydrogen (secondary N) is 1. The topological polar surface area (TPSA) is 105 Å². The fraction of sp³-hybridized carbons (Fsp3) is 0.261. The number of ketones is 1. The van der Waals surface area contributed by atoms with Crippen LogP contribution in [0, 0.1) is 5.92 Å². The Bertz CT molecular complexity index is 1080. The van der Waals surface area contributed by atoms with Crippen LogP contribution in [0.3, 0.4) is 0 Å². The smallest absolute Gasteiger partial charge is 0.298 e. The highest BCUT2D eigenvalue weighted by molar-refractivity contribution is 6.45. The minimum atomic E-state index is -1.02. The van der Waals surface area contributed by atoms with Crippen molar-refractivity contribution in [3.63, 3.8) is 0 Å². The number of anilines is 1. The summed E-state index contributed by atoms with van der Waals surface area (Å²) < 4.78 is 4.90. The molecule has 3 aromatic rings. The highest BCUT2D eigenvalue weighted by Crippen LogP contribution is 2.34. The van der Waals surface area contributed by atoms with E-state index in [9.17, 15) is 14.4 Å². The fourth-order valence-corrected chi connectivity index (χ4v) is 4.18. The molecule has 1 aliphatic rings. The van der Waals surface area contributed by atoms with Crippen molar-refractivity contribution in [2.24, 2.45) is 11.7 Å². The normalized spacial score (nSPS) is 14.6. The van der Waals surface area contributed by atoms with Gasteiger partial charge in [0.1, 0.15) is 11.6 Å². The number of piperidine rings is 1. The van der Waals surface area contributed by atoms with Crippen LogP contribution in [0.1, 0.15) is 28.8 Å². The number of nitrogens with two attached hydrogens (primary N) is 1. The van der Waals surface area contributed by atoms with Gasteiger partial charge in [-0.1, -0.05) is 30.3 Å². The van der Waals surface area contributed by atoms with Gasteiger partial charge in [0, 0.05) is 24.0 Å². The van der Waals surface area contributed by atoms with Crippen LogP contribution in [0.15, 0.2) is 48.5 Å². The van der Waals surface area contributed by atoms with Crippen molar-refractivity contribution in [2.45, 2.75) is 19.3 Å². The third kappa shape index (κ3) is 3.91. The lowest BCUT2D eigenvalue weighted by Crippen LogP contribution is -2.36. The zero-order valence-electron chi connectivity index (χ0n) is 16.5. The molecule has 0 aliphatic carbocycles. The van der Waals surface area contributed by atoms with Gasteiger partial charge in [-0.15, -0.1) is 0 Å². The van der Waals surface area contributed by atoms with Gasteiger partial charge < -0.3 is 20.4 Å². The molecule has 0 saturated carbocycles. The van der Waals surface area contributed by atoms with Crippen molar-refractivity contribution in [1.29, 1.82) is 0 Å². The van der Waals surface area contributed by atoms with Crippen LogP contribution >= 0.6 is 0 Å². The number of benzene rings is 2. The molecule has 1 fully saturated rings. The Morgan fingerprint density at radius 2 is 1.87 bits per heavy atom. The first-order chi connectivity index (χ1) is 14.6. The van der Waals surface area contributed by atoms with Gasteiger partial charge >= 0.3 is 0 Å². The number of hydrogen-bond donors (Lipinski definition) is 2. The number of Topliss-reactive ketones (excluding diaryl/α,β-unsaturated/α-hetero) is 1. The first kappa shape index (κ1) is 19.7. The second kappa shape index (κ2) is 8.41. The monoisotopic (exact) mass is 405 g/mol. The van der Waals surface area contributed by atoms with Crippen molar-refractivity contribution >= 4 is 34.9 Å². The summed E-state index contributed by atoms with van der Waals surface area (Å²) >= 11 is 0. The number of nitrogens with zero attached hydrogens (tertiary/aromatic N) is 1. The molecule has 0 unspecified atom stereocenters. The van der Waals surface area contributed by atoms with E-state index in [4.69, 9.17) is 10.5 Å². The molecule has 7 nitrogen and oxygen atoms in total. The Kier molecular flexibility index (Phi) is 5.52. The summed E-state index contributed by atoms with van der Waals surface area (Å²) in [4.78, 5) is 40.3. The van der Waals surface area contributed by atoms with Gasteiger partial charge in [-0.3, -0.25) is 14.4 Å². The molecule has 3 N–H and O–H groups in total. The first-order valence-corrected chi connectivity index (χ1v) is 9.96. The fourth-order valence-electron chi connectivity index (χ4n) is 4.18. The zero-order chi connectivity index (χ0) is 21.1. The van der Waals surface area contributed by atoms with Crippen LogP contribution in [0.5, 0.6) is 5.75 Å². The van der Waals surface area contributed by atoms with E-state index in [0.717, 1.165) is 32.4 Å². The SMILES string of the molecule is NC(=O)C(=O)c1c(N2CCC(Cc3ccccc3)CC2)[nH]c2ccc(OC=O)cc12. The van der Waals surface area contributed by atoms with Crippen LogP contribution in [0.2, 0.25) is 0 Å². The van der Waals surface area contributed by atoms with Gasteiger partial charge in [0.05, 0.1) is 5.56 Å². The number of primary amides is 1. The van der Waals surface area contributed by atoms with E-state index in [0.29, 0.717) is 34.9 Å². The van der Waals surface area contributed by atoms with E-state index in [1.807, 2.05) is 6.07 Å². The van der Waals surface area contributed by atoms with Crippen LogP contribution in [0.4, 0.5) is 5.82 Å². The van der Waals surface area contributed by atoms with Crippen molar-refractivity contribution in [3.05, 3.63) is 59.7 Å². The van der Waals surface area contributed by atoms with E-state index < -0.39 is 11.7 Å². The second-order valence-corrected chi connectivity index (χ2v) is 7.58. The summed E-state index contributed by atoms with van der Waals surface area (Å²) in [6, 6.07) is 15.3. The van der Waals surface area contributed by atoms with Gasteiger partial charge in [0.2, 0.25) is 0 Å². The summed E-state index contributed by atoms with van der Waals surface area (Å²) in [5, 5.41) is 0.513. The Balaban J connectivity index is 1.60. The number of carbonyl (C=O) groups excluding carboxylic acids is 3. The van der Waals surface area contributed by atoms with Crippen LogP contribution in [-0.2, 0) is 16.0 Å². The number of rotatable bonds is 7. The molecule has 1 aromatic heterocycles. The molecule has 2 aromatic carbocycles. The molecule has 4 rings (SSSR count). The van der Waals surface area contributed by atoms with Crippen LogP contribution in [-0.4, -0.2) is 36.2 Å². The third-order valence-electron chi connectivity index (χ3n) is 5.68. The van der Waals surface area contributed by atoms with E-state index in [2.05, 4.69) is 34.1 Å². The van der Waals surface area contributed by atoms with Crippen molar-refractivity contribution in [3.8, 4) is 5.75 Å². The quantitative estimate of drug-likeness (QED) is 0.357. The lowest BCUT2D eigenvalue weighted by atomic mass is 9.90. The highest BCUT2D eigenvalue weighted by atomic mass is 16.5. The van der Waals surface area contributed by atoms with Gasteiger partial charge in [0.15, 0.2) is 0 Å². The van der Waals surface area contributed by atoms with Crippen molar-refractivity contribution in [1.82, 2.24) is 4.98 Å². The largest absolute Gasteiger partial charge is 0.429 e. The molecule has 154 valence electrons. The second-order valence-electron chi connectivity index (χ2n) is 7.58. The molecule has 1 amide bonds. The summed E-state index contributed by atoms with van der Waals surface area (Å²) in [5.41, 5.74) is 7.55. The summed E-state index contributed by atoms with van der Waals surface area (Å²) in [5.74, 6) is -0.321. The molecule has 2 heterocycles. The highest BCUT2D eigenvalue weighted by Gasteiger charge is 2.28. The average Bonchev–Trinajstić information content (AvgIpc) is 3.13. The molecule has 0 bridgehead atoms. The molecule has 0 radical (unpaired) electrons. The summed E-state index contributed by atoms with van der Waals surface area (Å²) in [6.45, 7) is 1.85. The first-order valence-electron chi connectivity index (χ1n) is 9.96. The predicted molar refractivity (Wildman–Crippen MR) is 114 cm³/mol. The minimum absolute atomic E-state index is 0.232. The standard InChI is InChI=1S/C23H23N3O4/c24-22(29)21(28)20-18-13-17(30-14-27)6-7-19(18)25-23(20)26-10-8-16(9-11-26)12-15-4-2-1-3-5-15/h1-7,13-14,16,25H,8-12H2,(H2,24,29). The van der Waals surface area contributed by atoms with Gasteiger partial charge in [-0.25, -0.2) is 0 Å². The lowest BCUT2D eigenvalue weighted by Gasteiger charge is -2.33. The maximum absolute atomic E-state index is 12.6. The summed E-state index contributed by atoms with van der Waals surface area (Å²) in [6.07, 6.45) is 2.99. The molecule has 0 atom stereocenters. The number of aromatic nitrogens is 1. The number of aromatic amines is 1. The maximum atomic E-state index is 12.6. The van der Waals surface area contributed by atoms with Crippen LogP contribution < -0.4 is 15.4 Å². The van der Waals surface area contributed by atoms with Crippen LogP contribution in [0.25, 0.3) is 10.9 Å². The minimum Gasteiger partial charge on any atom is -0.429 e. The van der Waals surface area contributed by atoms with E-state index in [1.165, 1.54) is 5.56 Å². The Labute approximate surface area is 173 Å². The number of carbonyl (C=O) groups is 3. The van der Waals surface area contributed by atoms with Crippen molar-refractivity contribution < 1.29 is 19.1 Å². The maximum Gasteiger partial charge on any atom is 0.298 e. The predicted octanol–water partition coefficient (Wildman–Crippen LogP) is 2.83. The van der Waals surface area contributed by atoms with E-state index in [1.54, 1.807) is 18.2 Å². The molecule has 0 spiro atoms. The molecular formula is C23H23N3O4. The Morgan fingerprint density at radius 1 is 1.13 bits per heavy atom. The Morgan fingerprint density at radius 3 is 2.53 bits per heavy atom. The third-order valence-corrected chi connectivity index (χ3v) is 5.68. The molecule has 30 heavy (non-hydrogen) atoms. The van der Waals surface area contributed by atoms with Gasteiger partial charge in [0.25, 0.3) is 18.2 Å². The molecular weight excluding hydrogens is 382 g/mol. The zero-order valence-corrected chi connectivity index (χ0v) is 16.5. The number of ether oxygens (including phenoxy) is 1. The number of H-pyrrole nitrogens is 1. The number of hydrogen-bond acceptors (Lipinski definition) is 5. The number of amides is 1. The number of fused-ring (bicyclic) bond motifs is 1. The Hall–Kier alpha value is -3.61. The van der Waals surface area contributed by atoms with E-state index in [-0.39, 0.29) is 5.56 Å².